The zero-order chi connectivity index (χ0) is 10.4. The average Bonchev–Trinajstić information content (AvgIpc) is 2.00. The fraction of sp³-hybridized carbons (Fsp3) is 0.909. The summed E-state index contributed by atoms with van der Waals surface area (Å²) in [5.41, 5.74) is 0. The molecule has 0 saturated carbocycles. The maximum atomic E-state index is 10.5. The van der Waals surface area contributed by atoms with Gasteiger partial charge in [0.05, 0.1) is 6.04 Å². The van der Waals surface area contributed by atoms with Crippen LogP contribution in [0, 0.1) is 11.8 Å². The van der Waals surface area contributed by atoms with Crippen LogP contribution in [-0.4, -0.2) is 30.3 Å². The van der Waals surface area contributed by atoms with Crippen LogP contribution in [0.15, 0.2) is 0 Å². The minimum Gasteiger partial charge on any atom is -0.293 e. The molecular weight excluding hydrogens is 162 g/mol. The molecule has 1 atom stereocenters. The van der Waals surface area contributed by atoms with Gasteiger partial charge in [-0.15, -0.1) is 0 Å². The van der Waals surface area contributed by atoms with E-state index in [1.165, 1.54) is 0 Å². The quantitative estimate of drug-likeness (QED) is 0.630. The van der Waals surface area contributed by atoms with Gasteiger partial charge in [-0.3, -0.25) is 9.69 Å². The van der Waals surface area contributed by atoms with Crippen LogP contribution < -0.4 is 0 Å². The van der Waals surface area contributed by atoms with E-state index in [1.807, 2.05) is 6.92 Å². The Bertz CT molecular complexity index is 133. The summed E-state index contributed by atoms with van der Waals surface area (Å²) < 4.78 is 0. The Kier molecular flexibility index (Phi) is 5.97. The molecule has 0 saturated heterocycles. The zero-order valence-corrected chi connectivity index (χ0v) is 9.50. The monoisotopic (exact) mass is 184 g/mol. The fourth-order valence-corrected chi connectivity index (χ4v) is 1.40. The molecule has 0 fully saturated rings. The van der Waals surface area contributed by atoms with Gasteiger partial charge in [0.1, 0.15) is 0 Å². The number of carbonyl (C=O) groups excluding carboxylic acids is 1. The normalized spacial score (nSPS) is 14.2. The molecule has 77 valence electrons. The standard InChI is InChI=1S/C11H22NO/c1-9(2)6-12(7-10(3)4)11(5)8-13/h9-11H,6-7H2,1-5H3. The van der Waals surface area contributed by atoms with E-state index < -0.39 is 0 Å². The first-order valence-electron chi connectivity index (χ1n) is 5.09. The highest BCUT2D eigenvalue weighted by molar-refractivity contribution is 5.57. The van der Waals surface area contributed by atoms with Gasteiger partial charge in [0.2, 0.25) is 6.29 Å². The van der Waals surface area contributed by atoms with E-state index in [0.717, 1.165) is 13.1 Å². The van der Waals surface area contributed by atoms with Crippen LogP contribution in [0.3, 0.4) is 0 Å². The summed E-state index contributed by atoms with van der Waals surface area (Å²) in [5, 5.41) is 0. The van der Waals surface area contributed by atoms with E-state index in [-0.39, 0.29) is 6.04 Å². The molecule has 0 aliphatic carbocycles. The molecule has 0 bridgehead atoms. The lowest BCUT2D eigenvalue weighted by Gasteiger charge is -2.28. The van der Waals surface area contributed by atoms with Crippen molar-refractivity contribution >= 4 is 6.29 Å². The predicted octanol–water partition coefficient (Wildman–Crippen LogP) is 2.10. The lowest BCUT2D eigenvalue weighted by atomic mass is 10.1. The SMILES string of the molecule is CC(C)CN(CC(C)C)C(C)[C]=O. The molecule has 0 N–H and O–H groups in total. The molecule has 0 rings (SSSR count). The molecule has 0 heterocycles. The van der Waals surface area contributed by atoms with Crippen molar-refractivity contribution in [1.82, 2.24) is 4.90 Å². The van der Waals surface area contributed by atoms with Crippen molar-refractivity contribution in [2.45, 2.75) is 40.7 Å². The second-order valence-corrected chi connectivity index (χ2v) is 4.54. The van der Waals surface area contributed by atoms with E-state index in [2.05, 4.69) is 38.9 Å². The number of hydrogen-bond donors (Lipinski definition) is 0. The van der Waals surface area contributed by atoms with Gasteiger partial charge in [0, 0.05) is 13.1 Å². The first-order valence-corrected chi connectivity index (χ1v) is 5.09. The Morgan fingerprint density at radius 1 is 1.00 bits per heavy atom. The topological polar surface area (TPSA) is 20.3 Å². The molecule has 2 heteroatoms. The van der Waals surface area contributed by atoms with Crippen LogP contribution in [0.4, 0.5) is 0 Å². The van der Waals surface area contributed by atoms with Crippen LogP contribution in [0.25, 0.3) is 0 Å². The van der Waals surface area contributed by atoms with Crippen molar-refractivity contribution in [3.63, 3.8) is 0 Å². The maximum absolute atomic E-state index is 10.5. The van der Waals surface area contributed by atoms with Crippen molar-refractivity contribution in [2.24, 2.45) is 11.8 Å². The third-order valence-electron chi connectivity index (χ3n) is 1.92. The largest absolute Gasteiger partial charge is 0.293 e. The molecule has 2 nitrogen and oxygen atoms in total. The Balaban J connectivity index is 4.09. The minimum atomic E-state index is -0.0650. The van der Waals surface area contributed by atoms with Crippen LogP contribution in [-0.2, 0) is 4.79 Å². The van der Waals surface area contributed by atoms with Gasteiger partial charge in [-0.1, -0.05) is 27.7 Å². The highest BCUT2D eigenvalue weighted by atomic mass is 16.1. The summed E-state index contributed by atoms with van der Waals surface area (Å²) in [7, 11) is 0. The van der Waals surface area contributed by atoms with Crippen molar-refractivity contribution in [2.75, 3.05) is 13.1 Å². The zero-order valence-electron chi connectivity index (χ0n) is 9.50. The first kappa shape index (κ1) is 12.6. The Morgan fingerprint density at radius 2 is 1.38 bits per heavy atom. The predicted molar refractivity (Wildman–Crippen MR) is 56.4 cm³/mol. The summed E-state index contributed by atoms with van der Waals surface area (Å²) >= 11 is 0. The van der Waals surface area contributed by atoms with E-state index in [9.17, 15) is 4.79 Å². The van der Waals surface area contributed by atoms with Gasteiger partial charge in [-0.05, 0) is 18.8 Å². The molecule has 1 radical (unpaired) electrons. The number of rotatable bonds is 6. The van der Waals surface area contributed by atoms with Crippen LogP contribution in [0.5, 0.6) is 0 Å². The van der Waals surface area contributed by atoms with Gasteiger partial charge in [0.15, 0.2) is 0 Å². The van der Waals surface area contributed by atoms with Gasteiger partial charge >= 0.3 is 0 Å². The highest BCUT2D eigenvalue weighted by Crippen LogP contribution is 2.06. The third-order valence-corrected chi connectivity index (χ3v) is 1.92. The molecule has 0 amide bonds. The second kappa shape index (κ2) is 6.14. The van der Waals surface area contributed by atoms with Gasteiger partial charge < -0.3 is 0 Å². The van der Waals surface area contributed by atoms with E-state index >= 15 is 0 Å². The molecule has 1 unspecified atom stereocenters. The average molecular weight is 184 g/mol. The maximum Gasteiger partial charge on any atom is 0.216 e. The van der Waals surface area contributed by atoms with Crippen LogP contribution >= 0.6 is 0 Å². The number of nitrogens with zero attached hydrogens (tertiary/aromatic N) is 1. The number of hydrogen-bond acceptors (Lipinski definition) is 2. The third kappa shape index (κ3) is 5.81. The van der Waals surface area contributed by atoms with Crippen LogP contribution in [0.2, 0.25) is 0 Å². The fourth-order valence-electron chi connectivity index (χ4n) is 1.40. The summed E-state index contributed by atoms with van der Waals surface area (Å²) in [6, 6.07) is -0.0650. The first-order chi connectivity index (χ1) is 5.97. The second-order valence-electron chi connectivity index (χ2n) is 4.54. The van der Waals surface area contributed by atoms with E-state index in [0.29, 0.717) is 11.8 Å². The van der Waals surface area contributed by atoms with E-state index in [4.69, 9.17) is 0 Å². The molecule has 0 aromatic heterocycles. The molecule has 0 spiro atoms. The summed E-state index contributed by atoms with van der Waals surface area (Å²) in [5.74, 6) is 1.21. The lowest BCUT2D eigenvalue weighted by Crippen LogP contribution is -2.39. The van der Waals surface area contributed by atoms with Crippen molar-refractivity contribution in [3.8, 4) is 0 Å². The van der Waals surface area contributed by atoms with Gasteiger partial charge in [-0.25, -0.2) is 0 Å². The molecule has 0 aliphatic heterocycles. The Labute approximate surface area is 82.3 Å². The molecular formula is C11H22NO. The lowest BCUT2D eigenvalue weighted by molar-refractivity contribution is 0.199. The Hall–Kier alpha value is -0.370. The minimum absolute atomic E-state index is 0.0650. The van der Waals surface area contributed by atoms with Gasteiger partial charge in [0.25, 0.3) is 0 Å². The van der Waals surface area contributed by atoms with Crippen molar-refractivity contribution < 1.29 is 4.79 Å². The summed E-state index contributed by atoms with van der Waals surface area (Å²) in [6.07, 6.45) is 2.05. The highest BCUT2D eigenvalue weighted by Gasteiger charge is 2.15. The molecule has 13 heavy (non-hydrogen) atoms. The molecule has 0 aromatic carbocycles. The van der Waals surface area contributed by atoms with Crippen molar-refractivity contribution in [3.05, 3.63) is 0 Å². The summed E-state index contributed by atoms with van der Waals surface area (Å²) in [6.45, 7) is 12.6. The Morgan fingerprint density at radius 3 is 1.62 bits per heavy atom. The smallest absolute Gasteiger partial charge is 0.216 e. The van der Waals surface area contributed by atoms with E-state index in [1.54, 1.807) is 0 Å². The molecule has 0 aliphatic rings. The van der Waals surface area contributed by atoms with Gasteiger partial charge in [-0.2, -0.15) is 0 Å². The molecule has 0 aromatic rings. The summed E-state index contributed by atoms with van der Waals surface area (Å²) in [4.78, 5) is 12.7. The van der Waals surface area contributed by atoms with Crippen LogP contribution in [0.1, 0.15) is 34.6 Å². The van der Waals surface area contributed by atoms with Crippen molar-refractivity contribution in [1.29, 1.82) is 0 Å².